The lowest BCUT2D eigenvalue weighted by Gasteiger charge is -2.34. The van der Waals surface area contributed by atoms with Crippen LogP contribution < -0.4 is 0 Å². The second-order valence-electron chi connectivity index (χ2n) is 4.69. The van der Waals surface area contributed by atoms with Crippen LogP contribution in [0.4, 0.5) is 0 Å². The van der Waals surface area contributed by atoms with Crippen LogP contribution in [0.15, 0.2) is 35.4 Å². The molecule has 18 heavy (non-hydrogen) atoms. The van der Waals surface area contributed by atoms with Gasteiger partial charge >= 0.3 is 5.97 Å². The maximum absolute atomic E-state index is 11.4. The number of rotatable bonds is 3. The van der Waals surface area contributed by atoms with Crippen LogP contribution in [0.3, 0.4) is 0 Å². The molecule has 0 radical (unpaired) electrons. The lowest BCUT2D eigenvalue weighted by atomic mass is 9.93. The van der Waals surface area contributed by atoms with Crippen LogP contribution in [0, 0.1) is 0 Å². The van der Waals surface area contributed by atoms with Crippen LogP contribution in [0.5, 0.6) is 0 Å². The number of carboxylic acid groups (broad SMARTS) is 1. The third kappa shape index (κ3) is 2.74. The van der Waals surface area contributed by atoms with Crippen LogP contribution in [-0.4, -0.2) is 28.6 Å². The molecule has 4 heteroatoms. The summed E-state index contributed by atoms with van der Waals surface area (Å²) in [5, 5.41) is 9.33. The first-order valence-corrected chi connectivity index (χ1v) is 6.35. The van der Waals surface area contributed by atoms with E-state index in [1.165, 1.54) is 11.1 Å². The largest absolute Gasteiger partial charge is 0.480 e. The van der Waals surface area contributed by atoms with Gasteiger partial charge in [-0.25, -0.2) is 0 Å². The molecule has 1 heterocycles. The highest BCUT2D eigenvalue weighted by atomic mass is 35.5. The molecule has 1 atom stereocenters. The molecule has 0 amide bonds. The van der Waals surface area contributed by atoms with Crippen molar-refractivity contribution in [3.8, 4) is 0 Å². The van der Waals surface area contributed by atoms with Crippen molar-refractivity contribution in [3.05, 3.63) is 46.5 Å². The minimum absolute atomic E-state index is 0.466. The highest BCUT2D eigenvalue weighted by Gasteiger charge is 2.30. The molecular weight excluding hydrogens is 250 g/mol. The summed E-state index contributed by atoms with van der Waals surface area (Å²) in [7, 11) is 0. The smallest absolute Gasteiger partial charge is 0.321 e. The summed E-state index contributed by atoms with van der Waals surface area (Å²) in [5.74, 6) is -0.771. The highest BCUT2D eigenvalue weighted by molar-refractivity contribution is 6.25. The van der Waals surface area contributed by atoms with Crippen molar-refractivity contribution in [2.75, 3.05) is 6.54 Å². The quantitative estimate of drug-likeness (QED) is 0.913. The lowest BCUT2D eigenvalue weighted by molar-refractivity contribution is -0.143. The maximum atomic E-state index is 11.4. The number of halogens is 1. The van der Waals surface area contributed by atoms with Crippen molar-refractivity contribution in [2.24, 2.45) is 0 Å². The lowest BCUT2D eigenvalue weighted by Crippen LogP contribution is -2.46. The zero-order chi connectivity index (χ0) is 13.1. The van der Waals surface area contributed by atoms with E-state index >= 15 is 0 Å². The molecule has 0 fully saturated rings. The second kappa shape index (κ2) is 5.55. The number of benzene rings is 1. The molecule has 1 N–H and O–H groups in total. The van der Waals surface area contributed by atoms with Crippen LogP contribution >= 0.6 is 11.6 Å². The molecule has 0 aliphatic carbocycles. The topological polar surface area (TPSA) is 40.5 Å². The minimum atomic E-state index is -0.771. The second-order valence-corrected chi connectivity index (χ2v) is 4.91. The van der Waals surface area contributed by atoms with E-state index < -0.39 is 12.0 Å². The number of nitrogens with zero attached hydrogens (tertiary/aromatic N) is 1. The van der Waals surface area contributed by atoms with E-state index in [4.69, 9.17) is 11.6 Å². The van der Waals surface area contributed by atoms with E-state index in [0.717, 1.165) is 11.1 Å². The average Bonchev–Trinajstić information content (AvgIpc) is 2.37. The average molecular weight is 266 g/mol. The van der Waals surface area contributed by atoms with Gasteiger partial charge < -0.3 is 5.11 Å². The van der Waals surface area contributed by atoms with Gasteiger partial charge in [-0.05, 0) is 30.0 Å². The number of carbonyl (C=O) groups is 1. The first kappa shape index (κ1) is 13.1. The Morgan fingerprint density at radius 3 is 2.78 bits per heavy atom. The summed E-state index contributed by atoms with van der Waals surface area (Å²) in [5.41, 5.74) is 4.83. The number of aliphatic carboxylic acids is 1. The van der Waals surface area contributed by atoms with Crippen LogP contribution in [0.25, 0.3) is 0 Å². The summed E-state index contributed by atoms with van der Waals surface area (Å²) in [6.07, 6.45) is 0.557. The zero-order valence-electron chi connectivity index (χ0n) is 10.3. The molecule has 96 valence electrons. The van der Waals surface area contributed by atoms with Gasteiger partial charge in [-0.1, -0.05) is 35.9 Å². The highest BCUT2D eigenvalue weighted by Crippen LogP contribution is 2.24. The zero-order valence-corrected chi connectivity index (χ0v) is 11.0. The molecule has 2 rings (SSSR count). The Morgan fingerprint density at radius 2 is 2.17 bits per heavy atom. The Labute approximate surface area is 112 Å². The Hall–Kier alpha value is -1.32. The van der Waals surface area contributed by atoms with Crippen LogP contribution in [-0.2, 0) is 17.8 Å². The number of carboxylic acids is 1. The van der Waals surface area contributed by atoms with Crippen LogP contribution in [0.2, 0.25) is 0 Å². The van der Waals surface area contributed by atoms with Gasteiger partial charge in [-0.15, -0.1) is 0 Å². The monoisotopic (exact) mass is 265 g/mol. The Balaban J connectivity index is 2.26. The number of hydrogen-bond donors (Lipinski definition) is 1. The molecule has 1 aromatic carbocycles. The van der Waals surface area contributed by atoms with Gasteiger partial charge in [-0.3, -0.25) is 9.69 Å². The van der Waals surface area contributed by atoms with E-state index in [-0.39, 0.29) is 0 Å². The molecule has 0 spiro atoms. The van der Waals surface area contributed by atoms with E-state index in [9.17, 15) is 9.90 Å². The number of fused-ring (bicyclic) bond motifs is 1. The van der Waals surface area contributed by atoms with Gasteiger partial charge in [0.05, 0.1) is 0 Å². The molecule has 0 saturated heterocycles. The molecule has 0 unspecified atom stereocenters. The van der Waals surface area contributed by atoms with Crippen molar-refractivity contribution >= 4 is 17.6 Å². The summed E-state index contributed by atoms with van der Waals surface area (Å²) in [6, 6.07) is 7.54. The van der Waals surface area contributed by atoms with Gasteiger partial charge in [0.25, 0.3) is 0 Å². The molecule has 0 saturated carbocycles. The first-order valence-electron chi connectivity index (χ1n) is 5.91. The predicted molar refractivity (Wildman–Crippen MR) is 71.6 cm³/mol. The van der Waals surface area contributed by atoms with Crippen molar-refractivity contribution in [1.82, 2.24) is 4.90 Å². The summed E-state index contributed by atoms with van der Waals surface area (Å²) >= 11 is 5.66. The predicted octanol–water partition coefficient (Wildman–Crippen LogP) is 2.64. The van der Waals surface area contributed by atoms with Gasteiger partial charge in [-0.2, -0.15) is 0 Å². The normalized spacial score (nSPS) is 20.6. The maximum Gasteiger partial charge on any atom is 0.321 e. The molecular formula is C14H16ClNO2. The van der Waals surface area contributed by atoms with E-state index in [2.05, 4.69) is 6.07 Å². The summed E-state index contributed by atoms with van der Waals surface area (Å²) in [4.78, 5) is 13.3. The standard InChI is InChI=1S/C14H16ClNO2/c1-10(7-15)8-16-9-12-5-3-2-4-11(12)6-13(16)14(17)18/h2-5,7,13H,6,8-9H2,1H3,(H,17,18)/b10-7-/t13-/m0/s1. The first-order chi connectivity index (χ1) is 8.61. The fraction of sp³-hybridized carbons (Fsp3) is 0.357. The van der Waals surface area contributed by atoms with E-state index in [1.807, 2.05) is 30.0 Å². The van der Waals surface area contributed by atoms with Gasteiger partial charge in [0, 0.05) is 18.6 Å². The molecule has 3 nitrogen and oxygen atoms in total. The van der Waals surface area contributed by atoms with E-state index in [0.29, 0.717) is 19.5 Å². The fourth-order valence-electron chi connectivity index (χ4n) is 2.34. The van der Waals surface area contributed by atoms with Crippen molar-refractivity contribution in [1.29, 1.82) is 0 Å². The van der Waals surface area contributed by atoms with Crippen LogP contribution in [0.1, 0.15) is 18.1 Å². The van der Waals surface area contributed by atoms with Gasteiger partial charge in [0.1, 0.15) is 6.04 Å². The van der Waals surface area contributed by atoms with Crippen molar-refractivity contribution in [3.63, 3.8) is 0 Å². The fourth-order valence-corrected chi connectivity index (χ4v) is 2.41. The molecule has 1 aliphatic rings. The Bertz CT molecular complexity index is 484. The molecule has 1 aliphatic heterocycles. The van der Waals surface area contributed by atoms with Gasteiger partial charge in [0.15, 0.2) is 0 Å². The molecule has 0 bridgehead atoms. The minimum Gasteiger partial charge on any atom is -0.480 e. The molecule has 0 aromatic heterocycles. The Kier molecular flexibility index (Phi) is 4.04. The Morgan fingerprint density at radius 1 is 1.50 bits per heavy atom. The summed E-state index contributed by atoms with van der Waals surface area (Å²) < 4.78 is 0. The van der Waals surface area contributed by atoms with Crippen molar-refractivity contribution in [2.45, 2.75) is 25.9 Å². The third-order valence-corrected chi connectivity index (χ3v) is 3.64. The van der Waals surface area contributed by atoms with Crippen molar-refractivity contribution < 1.29 is 9.90 Å². The van der Waals surface area contributed by atoms with Gasteiger partial charge in [0.2, 0.25) is 0 Å². The number of hydrogen-bond acceptors (Lipinski definition) is 2. The summed E-state index contributed by atoms with van der Waals surface area (Å²) in [6.45, 7) is 3.16. The van der Waals surface area contributed by atoms with E-state index in [1.54, 1.807) is 0 Å². The SMILES string of the molecule is C/C(=C/Cl)CN1Cc2ccccc2C[C@H]1C(=O)O. The molecule has 1 aromatic rings. The third-order valence-electron chi connectivity index (χ3n) is 3.27.